The molecule has 0 aliphatic carbocycles. The van der Waals surface area contributed by atoms with Crippen LogP contribution in [0.1, 0.15) is 12.5 Å². The maximum atomic E-state index is 13.7. The summed E-state index contributed by atoms with van der Waals surface area (Å²) < 4.78 is 29.8. The van der Waals surface area contributed by atoms with Crippen molar-refractivity contribution < 1.29 is 28.2 Å². The van der Waals surface area contributed by atoms with E-state index in [2.05, 4.69) is 37.0 Å². The summed E-state index contributed by atoms with van der Waals surface area (Å²) in [5.41, 5.74) is 1.23. The molecule has 5 aromatic rings. The zero-order chi connectivity index (χ0) is 29.3. The van der Waals surface area contributed by atoms with E-state index in [-0.39, 0.29) is 17.1 Å². The van der Waals surface area contributed by atoms with Gasteiger partial charge in [0.1, 0.15) is 11.3 Å². The van der Waals surface area contributed by atoms with E-state index in [1.807, 2.05) is 12.1 Å². The minimum Gasteiger partial charge on any atom is -0.496 e. The van der Waals surface area contributed by atoms with Crippen LogP contribution in [0, 0.1) is 0 Å². The molecule has 0 unspecified atom stereocenters. The molecule has 0 saturated heterocycles. The summed E-state index contributed by atoms with van der Waals surface area (Å²) in [7, 11) is 4.33. The first-order valence-electron chi connectivity index (χ1n) is 12.2. The van der Waals surface area contributed by atoms with Crippen molar-refractivity contribution in [1.29, 1.82) is 0 Å². The van der Waals surface area contributed by atoms with Crippen molar-refractivity contribution in [3.8, 4) is 28.8 Å². The number of nitrogens with zero attached hydrogens (tertiary/aromatic N) is 3. The van der Waals surface area contributed by atoms with Crippen LogP contribution in [-0.2, 0) is 9.53 Å². The number of halogens is 2. The molecular weight excluding hydrogens is 662 g/mol. The Morgan fingerprint density at radius 1 is 1.00 bits per heavy atom. The summed E-state index contributed by atoms with van der Waals surface area (Å²) in [6.45, 7) is 1.56. The fraction of sp³-hybridized carbons (Fsp3) is 0.172. The number of rotatable bonds is 8. The minimum absolute atomic E-state index is 0.206. The fourth-order valence-corrected chi connectivity index (χ4v) is 5.10. The molecule has 2 heterocycles. The van der Waals surface area contributed by atoms with E-state index in [0.717, 1.165) is 5.39 Å². The lowest BCUT2D eigenvalue weighted by molar-refractivity contribution is -0.147. The molecule has 0 saturated carbocycles. The molecule has 41 heavy (non-hydrogen) atoms. The monoisotopic (exact) mass is 683 g/mol. The highest BCUT2D eigenvalue weighted by molar-refractivity contribution is 9.13. The molecule has 0 aliphatic rings. The van der Waals surface area contributed by atoms with Crippen LogP contribution in [-0.4, -0.2) is 49.3 Å². The first-order valence-corrected chi connectivity index (χ1v) is 13.8. The lowest BCUT2D eigenvalue weighted by Crippen LogP contribution is -2.25. The molecular formula is C29H23Br2N3O7. The molecule has 0 amide bonds. The van der Waals surface area contributed by atoms with Gasteiger partial charge in [0.25, 0.3) is 5.56 Å². The average molecular weight is 685 g/mol. The van der Waals surface area contributed by atoms with Crippen molar-refractivity contribution in [1.82, 2.24) is 9.66 Å². The molecule has 2 aromatic heterocycles. The third-order valence-corrected chi connectivity index (χ3v) is 8.37. The number of hydrogen-bond donors (Lipinski definition) is 0. The predicted molar refractivity (Wildman–Crippen MR) is 161 cm³/mol. The molecule has 0 spiro atoms. The Morgan fingerprint density at radius 2 is 1.76 bits per heavy atom. The molecule has 0 bridgehead atoms. The summed E-state index contributed by atoms with van der Waals surface area (Å²) in [5.74, 6) is 1.24. The number of carbonyl (C=O) groups excluding carboxylic acids is 1. The van der Waals surface area contributed by atoms with Gasteiger partial charge in [0.2, 0.25) is 5.82 Å². The van der Waals surface area contributed by atoms with Crippen LogP contribution in [0.2, 0.25) is 0 Å². The molecule has 3 aromatic carbocycles. The Labute approximate surface area is 250 Å². The number of methoxy groups -OCH3 is 3. The van der Waals surface area contributed by atoms with Gasteiger partial charge in [-0.3, -0.25) is 4.79 Å². The molecule has 5 rings (SSSR count). The number of para-hydroxylation sites is 1. The standard InChI is InChI=1S/C29H23Br2N3O7/c1-15(29(36)39-4)40-26-22(38-3)12-16(24(30)25(26)31)14-32-34-27(33-19-9-6-5-8-17(19)28(34)35)23-13-18-20(37-2)10-7-11-21(18)41-23/h5-15H,1-4H3/t15-/m1/s1. The van der Waals surface area contributed by atoms with E-state index in [1.54, 1.807) is 56.5 Å². The van der Waals surface area contributed by atoms with Crippen LogP contribution in [0.4, 0.5) is 0 Å². The van der Waals surface area contributed by atoms with E-state index < -0.39 is 12.1 Å². The van der Waals surface area contributed by atoms with Crippen LogP contribution in [0.15, 0.2) is 77.9 Å². The number of furan rings is 1. The number of ether oxygens (including phenoxy) is 4. The van der Waals surface area contributed by atoms with Crippen molar-refractivity contribution in [3.05, 3.63) is 79.5 Å². The quantitative estimate of drug-likeness (QED) is 0.141. The third-order valence-electron chi connectivity index (χ3n) is 6.23. The van der Waals surface area contributed by atoms with Crippen LogP contribution in [0.3, 0.4) is 0 Å². The van der Waals surface area contributed by atoms with Gasteiger partial charge < -0.3 is 23.4 Å². The minimum atomic E-state index is -0.885. The Balaban J connectivity index is 1.65. The number of benzene rings is 3. The van der Waals surface area contributed by atoms with E-state index in [4.69, 9.17) is 28.3 Å². The zero-order valence-corrected chi connectivity index (χ0v) is 25.5. The summed E-state index contributed by atoms with van der Waals surface area (Å²) in [6.07, 6.45) is 0.596. The molecule has 0 radical (unpaired) electrons. The van der Waals surface area contributed by atoms with Crippen LogP contribution < -0.4 is 19.8 Å². The van der Waals surface area contributed by atoms with Crippen molar-refractivity contribution in [2.24, 2.45) is 5.10 Å². The molecule has 0 N–H and O–H groups in total. The normalized spacial score (nSPS) is 12.1. The maximum Gasteiger partial charge on any atom is 0.346 e. The molecule has 1 atom stereocenters. The van der Waals surface area contributed by atoms with Crippen LogP contribution >= 0.6 is 31.9 Å². The van der Waals surface area contributed by atoms with Gasteiger partial charge in [0.15, 0.2) is 23.4 Å². The number of aromatic nitrogens is 2. The van der Waals surface area contributed by atoms with Crippen molar-refractivity contribution in [2.75, 3.05) is 21.3 Å². The molecule has 0 fully saturated rings. The first kappa shape index (κ1) is 28.4. The highest BCUT2D eigenvalue weighted by Gasteiger charge is 2.23. The maximum absolute atomic E-state index is 13.7. The fourth-order valence-electron chi connectivity index (χ4n) is 4.18. The van der Waals surface area contributed by atoms with Crippen molar-refractivity contribution >= 4 is 65.9 Å². The Hall–Kier alpha value is -4.16. The van der Waals surface area contributed by atoms with E-state index in [1.165, 1.54) is 25.1 Å². The zero-order valence-electron chi connectivity index (χ0n) is 22.3. The molecule has 12 heteroatoms. The molecule has 10 nitrogen and oxygen atoms in total. The van der Waals surface area contributed by atoms with Crippen LogP contribution in [0.25, 0.3) is 33.5 Å². The summed E-state index contributed by atoms with van der Waals surface area (Å²) in [5, 5.41) is 5.65. The van der Waals surface area contributed by atoms with Crippen molar-refractivity contribution in [3.63, 3.8) is 0 Å². The summed E-state index contributed by atoms with van der Waals surface area (Å²) in [6, 6.07) is 15.9. The van der Waals surface area contributed by atoms with Gasteiger partial charge in [0, 0.05) is 10.0 Å². The smallest absolute Gasteiger partial charge is 0.346 e. The van der Waals surface area contributed by atoms with Gasteiger partial charge in [-0.25, -0.2) is 9.78 Å². The number of hydrogen-bond acceptors (Lipinski definition) is 9. The lowest BCUT2D eigenvalue weighted by atomic mass is 10.2. The van der Waals surface area contributed by atoms with E-state index in [9.17, 15) is 9.59 Å². The summed E-state index contributed by atoms with van der Waals surface area (Å²) in [4.78, 5) is 30.3. The second kappa shape index (κ2) is 11.8. The Morgan fingerprint density at radius 3 is 2.49 bits per heavy atom. The topological polar surface area (TPSA) is 114 Å². The van der Waals surface area contributed by atoms with Gasteiger partial charge in [-0.2, -0.15) is 9.78 Å². The largest absolute Gasteiger partial charge is 0.496 e. The Bertz CT molecular complexity index is 1880. The van der Waals surface area contributed by atoms with Gasteiger partial charge in [-0.15, -0.1) is 0 Å². The highest BCUT2D eigenvalue weighted by Crippen LogP contribution is 2.43. The third kappa shape index (κ3) is 5.32. The van der Waals surface area contributed by atoms with E-state index in [0.29, 0.717) is 48.3 Å². The predicted octanol–water partition coefficient (Wildman–Crippen LogP) is 6.17. The van der Waals surface area contributed by atoms with E-state index >= 15 is 0 Å². The average Bonchev–Trinajstić information content (AvgIpc) is 3.43. The van der Waals surface area contributed by atoms with Crippen molar-refractivity contribution in [2.45, 2.75) is 13.0 Å². The van der Waals surface area contributed by atoms with Gasteiger partial charge in [-0.1, -0.05) is 18.2 Å². The number of carbonyl (C=O) groups is 1. The summed E-state index contributed by atoms with van der Waals surface area (Å²) >= 11 is 7.05. The second-order valence-corrected chi connectivity index (χ2v) is 10.3. The second-order valence-electron chi connectivity index (χ2n) is 8.71. The van der Waals surface area contributed by atoms with Gasteiger partial charge in [-0.05, 0) is 75.2 Å². The highest BCUT2D eigenvalue weighted by atomic mass is 79.9. The van der Waals surface area contributed by atoms with Gasteiger partial charge in [0.05, 0.1) is 48.3 Å². The lowest BCUT2D eigenvalue weighted by Gasteiger charge is -2.18. The SMILES string of the molecule is COC(=O)[C@@H](C)Oc1c(OC)cc(C=Nn2c(-c3cc4c(OC)cccc4o3)nc3ccccc3c2=O)c(Br)c1Br. The Kier molecular flexibility index (Phi) is 8.13. The number of fused-ring (bicyclic) bond motifs is 2. The molecule has 210 valence electrons. The molecule has 0 aliphatic heterocycles. The van der Waals surface area contributed by atoms with Gasteiger partial charge >= 0.3 is 5.97 Å². The first-order chi connectivity index (χ1) is 19.8. The van der Waals surface area contributed by atoms with Crippen LogP contribution in [0.5, 0.6) is 17.2 Å². The number of esters is 1.